The summed E-state index contributed by atoms with van der Waals surface area (Å²) >= 11 is 1.49. The van der Waals surface area contributed by atoms with Gasteiger partial charge in [0.2, 0.25) is 0 Å². The molecule has 0 spiro atoms. The first-order chi connectivity index (χ1) is 19.2. The van der Waals surface area contributed by atoms with Crippen LogP contribution in [-0.4, -0.2) is 46.7 Å². The van der Waals surface area contributed by atoms with Gasteiger partial charge < -0.3 is 20.3 Å². The van der Waals surface area contributed by atoms with E-state index in [2.05, 4.69) is 29.5 Å². The van der Waals surface area contributed by atoms with Crippen LogP contribution in [-0.2, 0) is 4.79 Å². The molecule has 10 heteroatoms. The summed E-state index contributed by atoms with van der Waals surface area (Å²) < 4.78 is 21.7. The number of hydrogen-bond donors (Lipinski definition) is 2. The first-order valence-electron chi connectivity index (χ1n) is 13.7. The molecule has 2 unspecified atom stereocenters. The predicted molar refractivity (Wildman–Crippen MR) is 157 cm³/mol. The highest BCUT2D eigenvalue weighted by Gasteiger charge is 2.30. The number of halogens is 1. The molecule has 2 aromatic heterocycles. The Kier molecular flexibility index (Phi) is 8.16. The molecular weight excluding hydrogens is 529 g/mol. The predicted octanol–water partition coefficient (Wildman–Crippen LogP) is 6.73. The number of nitrogens with zero attached hydrogens (tertiary/aromatic N) is 3. The van der Waals surface area contributed by atoms with Gasteiger partial charge in [0, 0.05) is 54.9 Å². The minimum Gasteiger partial charge on any atom is -0.453 e. The Morgan fingerprint density at radius 3 is 2.62 bits per heavy atom. The van der Waals surface area contributed by atoms with Crippen molar-refractivity contribution >= 4 is 44.9 Å². The molecule has 1 saturated heterocycles. The second-order valence-corrected chi connectivity index (χ2v) is 11.8. The number of benzene rings is 1. The van der Waals surface area contributed by atoms with E-state index in [1.54, 1.807) is 24.5 Å². The largest absolute Gasteiger partial charge is 0.453 e. The molecule has 210 valence electrons. The number of nitrogens with one attached hydrogen (secondary N) is 2. The molecule has 0 saturated carbocycles. The van der Waals surface area contributed by atoms with Gasteiger partial charge >= 0.3 is 6.03 Å². The standard InChI is InChI=1S/C30H34FN5O3S/c1-17(2)34-30(38)35-20-7-8-25(22(31)14-20)39-26-9-10-32-24-15-27(40-28(24)26)23-13-18(3)19(4)21(16-33-23)29(37)36-11-5-6-12-36/h7-10,14-19H,5-6,11-13H2,1-4H3,(H2,34,35,38). The number of anilines is 1. The van der Waals surface area contributed by atoms with Gasteiger partial charge in [0.05, 0.1) is 20.8 Å². The lowest BCUT2D eigenvalue weighted by Gasteiger charge is -2.24. The van der Waals surface area contributed by atoms with E-state index < -0.39 is 11.8 Å². The third-order valence-electron chi connectivity index (χ3n) is 7.35. The Morgan fingerprint density at radius 2 is 1.90 bits per heavy atom. The van der Waals surface area contributed by atoms with E-state index in [-0.39, 0.29) is 29.5 Å². The van der Waals surface area contributed by atoms with Crippen molar-refractivity contribution in [1.82, 2.24) is 15.2 Å². The zero-order valence-corrected chi connectivity index (χ0v) is 24.0. The van der Waals surface area contributed by atoms with Crippen LogP contribution in [0.25, 0.3) is 10.2 Å². The highest BCUT2D eigenvalue weighted by Crippen LogP contribution is 2.38. The van der Waals surface area contributed by atoms with Crippen LogP contribution in [0.4, 0.5) is 14.9 Å². The van der Waals surface area contributed by atoms with Crippen LogP contribution >= 0.6 is 11.3 Å². The molecule has 4 heterocycles. The Hall–Kier alpha value is -3.79. The number of ether oxygens (including phenoxy) is 1. The van der Waals surface area contributed by atoms with Crippen LogP contribution < -0.4 is 15.4 Å². The first kappa shape index (κ1) is 27.8. The van der Waals surface area contributed by atoms with Crippen LogP contribution in [0.2, 0.25) is 0 Å². The van der Waals surface area contributed by atoms with Gasteiger partial charge in [-0.3, -0.25) is 14.8 Å². The lowest BCUT2D eigenvalue weighted by molar-refractivity contribution is -0.126. The van der Waals surface area contributed by atoms with E-state index in [9.17, 15) is 14.0 Å². The third-order valence-corrected chi connectivity index (χ3v) is 8.54. The monoisotopic (exact) mass is 563 g/mol. The molecule has 2 aliphatic rings. The number of urea groups is 1. The molecule has 3 aromatic rings. The van der Waals surface area contributed by atoms with Crippen molar-refractivity contribution in [1.29, 1.82) is 0 Å². The third kappa shape index (κ3) is 6.01. The summed E-state index contributed by atoms with van der Waals surface area (Å²) in [5.41, 5.74) is 2.72. The van der Waals surface area contributed by atoms with E-state index in [1.807, 2.05) is 24.8 Å². The Morgan fingerprint density at radius 1 is 1.12 bits per heavy atom. The van der Waals surface area contributed by atoms with E-state index in [4.69, 9.17) is 9.73 Å². The average molecular weight is 564 g/mol. The number of likely N-dealkylation sites (tertiary alicyclic amines) is 1. The SMILES string of the molecule is CC(C)NC(=O)Nc1ccc(Oc2ccnc3cc(C4=NC=C(C(=O)N5CCCC5)C(C)C(C)C4)sc23)c(F)c1. The zero-order valence-electron chi connectivity index (χ0n) is 23.2. The number of carbonyl (C=O) groups is 2. The number of fused-ring (bicyclic) bond motifs is 1. The molecule has 0 bridgehead atoms. The van der Waals surface area contributed by atoms with Gasteiger partial charge in [0.25, 0.3) is 5.91 Å². The number of amides is 3. The number of thiophene rings is 1. The molecule has 0 radical (unpaired) electrons. The van der Waals surface area contributed by atoms with Gasteiger partial charge in [-0.25, -0.2) is 9.18 Å². The van der Waals surface area contributed by atoms with Gasteiger partial charge in [-0.05, 0) is 63.1 Å². The highest BCUT2D eigenvalue weighted by molar-refractivity contribution is 7.21. The second kappa shape index (κ2) is 11.8. The van der Waals surface area contributed by atoms with Crippen molar-refractivity contribution in [2.24, 2.45) is 16.8 Å². The molecular formula is C30H34FN5O3S. The van der Waals surface area contributed by atoms with Crippen LogP contribution in [0, 0.1) is 17.7 Å². The molecule has 3 amide bonds. The molecule has 2 aliphatic heterocycles. The number of rotatable bonds is 6. The number of hydrogen-bond acceptors (Lipinski definition) is 6. The van der Waals surface area contributed by atoms with Crippen molar-refractivity contribution in [2.45, 2.75) is 53.0 Å². The topological polar surface area (TPSA) is 95.9 Å². The normalized spacial score (nSPS) is 19.3. The summed E-state index contributed by atoms with van der Waals surface area (Å²) in [6, 6.07) is 7.54. The second-order valence-electron chi connectivity index (χ2n) is 10.8. The molecule has 1 aromatic carbocycles. The molecule has 8 nitrogen and oxygen atoms in total. The molecule has 5 rings (SSSR count). The van der Waals surface area contributed by atoms with Crippen molar-refractivity contribution in [2.75, 3.05) is 18.4 Å². The van der Waals surface area contributed by atoms with Crippen LogP contribution in [0.15, 0.2) is 53.3 Å². The summed E-state index contributed by atoms with van der Waals surface area (Å²) in [6.45, 7) is 9.57. The van der Waals surface area contributed by atoms with Crippen LogP contribution in [0.5, 0.6) is 11.5 Å². The van der Waals surface area contributed by atoms with E-state index >= 15 is 0 Å². The minimum atomic E-state index is -0.597. The summed E-state index contributed by atoms with van der Waals surface area (Å²) in [7, 11) is 0. The summed E-state index contributed by atoms with van der Waals surface area (Å²) in [5, 5.41) is 5.32. The molecule has 40 heavy (non-hydrogen) atoms. The number of aliphatic imine (C=N–C) groups is 1. The molecule has 2 atom stereocenters. The first-order valence-corrected chi connectivity index (χ1v) is 14.5. The van der Waals surface area contributed by atoms with Crippen molar-refractivity contribution in [3.05, 3.63) is 59.0 Å². The van der Waals surface area contributed by atoms with Gasteiger partial charge in [-0.2, -0.15) is 0 Å². The maximum absolute atomic E-state index is 14.9. The van der Waals surface area contributed by atoms with Crippen molar-refractivity contribution < 1.29 is 18.7 Å². The van der Waals surface area contributed by atoms with Gasteiger partial charge in [0.15, 0.2) is 11.6 Å². The fraction of sp³-hybridized carbons (Fsp3) is 0.400. The fourth-order valence-corrected chi connectivity index (χ4v) is 6.04. The van der Waals surface area contributed by atoms with E-state index in [0.717, 1.165) is 58.7 Å². The molecule has 2 N–H and O–H groups in total. The molecule has 0 aliphatic carbocycles. The van der Waals surface area contributed by atoms with Crippen LogP contribution in [0.1, 0.15) is 51.8 Å². The van der Waals surface area contributed by atoms with Gasteiger partial charge in [-0.15, -0.1) is 11.3 Å². The Balaban J connectivity index is 1.38. The maximum Gasteiger partial charge on any atom is 0.319 e. The number of aromatic nitrogens is 1. The van der Waals surface area contributed by atoms with Crippen LogP contribution in [0.3, 0.4) is 0 Å². The summed E-state index contributed by atoms with van der Waals surface area (Å²) in [4.78, 5) is 37.3. The van der Waals surface area contributed by atoms with E-state index in [0.29, 0.717) is 11.4 Å². The van der Waals surface area contributed by atoms with Gasteiger partial charge in [-0.1, -0.05) is 13.8 Å². The zero-order chi connectivity index (χ0) is 28.4. The minimum absolute atomic E-state index is 0.0386. The Bertz CT molecular complexity index is 1490. The summed E-state index contributed by atoms with van der Waals surface area (Å²) in [6.07, 6.45) is 6.22. The smallest absolute Gasteiger partial charge is 0.319 e. The Labute approximate surface area is 237 Å². The van der Waals surface area contributed by atoms with E-state index in [1.165, 1.54) is 23.5 Å². The van der Waals surface area contributed by atoms with Crippen molar-refractivity contribution in [3.63, 3.8) is 0 Å². The van der Waals surface area contributed by atoms with Crippen molar-refractivity contribution in [3.8, 4) is 11.5 Å². The molecule has 1 fully saturated rings. The average Bonchev–Trinajstić information content (AvgIpc) is 3.57. The maximum atomic E-state index is 14.9. The quantitative estimate of drug-likeness (QED) is 0.348. The summed E-state index contributed by atoms with van der Waals surface area (Å²) in [5.74, 6) is 0.350. The lowest BCUT2D eigenvalue weighted by atomic mass is 9.85. The fourth-order valence-electron chi connectivity index (χ4n) is 4.97. The number of pyridine rings is 1. The van der Waals surface area contributed by atoms with Gasteiger partial charge in [0.1, 0.15) is 5.75 Å². The highest BCUT2D eigenvalue weighted by atomic mass is 32.1. The number of carbonyl (C=O) groups excluding carboxylic acids is 2. The lowest BCUT2D eigenvalue weighted by Crippen LogP contribution is -2.34.